The molecule has 4 amide bonds. The Morgan fingerprint density at radius 1 is 1.09 bits per heavy atom. The molecule has 1 aliphatic heterocycles. The summed E-state index contributed by atoms with van der Waals surface area (Å²) in [6.45, 7) is 5.02. The van der Waals surface area contributed by atoms with Gasteiger partial charge in [0, 0.05) is 38.2 Å². The molecule has 4 rings (SSSR count). The number of piperidine rings is 1. The van der Waals surface area contributed by atoms with E-state index in [1.54, 1.807) is 34.8 Å². The zero-order valence-electron chi connectivity index (χ0n) is 27.1. The lowest BCUT2D eigenvalue weighted by atomic mass is 9.90. The van der Waals surface area contributed by atoms with Gasteiger partial charge in [0.1, 0.15) is 17.6 Å². The van der Waals surface area contributed by atoms with Gasteiger partial charge in [-0.15, -0.1) is 0 Å². The van der Waals surface area contributed by atoms with Gasteiger partial charge in [-0.25, -0.2) is 4.39 Å². The number of carbonyl (C=O) groups is 4. The molecular formula is C34H49FN6O5. The number of primary amides is 1. The maximum absolute atomic E-state index is 15.4. The molecule has 252 valence electrons. The van der Waals surface area contributed by atoms with Gasteiger partial charge in [-0.3, -0.25) is 23.9 Å². The second-order valence-electron chi connectivity index (χ2n) is 13.1. The number of rotatable bonds is 13. The molecule has 0 radical (unpaired) electrons. The van der Waals surface area contributed by atoms with Crippen molar-refractivity contribution in [3.05, 3.63) is 47.5 Å². The summed E-state index contributed by atoms with van der Waals surface area (Å²) in [6, 6.07) is 5.35. The number of anilines is 1. The SMILES string of the molecule is CCn1nccc1C(=O)N[C@H](C(=O)Nc1ccc(CC[C@H](CCC(N)=O)C(=O)N2CCC(C)(O)CC2)cc1F)C1CCCCCC1. The van der Waals surface area contributed by atoms with Gasteiger partial charge in [-0.1, -0.05) is 31.7 Å². The first-order valence-electron chi connectivity index (χ1n) is 16.7. The number of amides is 4. The second-order valence-corrected chi connectivity index (χ2v) is 13.1. The van der Waals surface area contributed by atoms with E-state index in [4.69, 9.17) is 5.73 Å². The molecule has 2 heterocycles. The zero-order chi connectivity index (χ0) is 33.3. The summed E-state index contributed by atoms with van der Waals surface area (Å²) in [6.07, 6.45) is 9.31. The maximum Gasteiger partial charge on any atom is 0.270 e. The van der Waals surface area contributed by atoms with Crippen LogP contribution in [0.5, 0.6) is 0 Å². The molecule has 2 aromatic rings. The van der Waals surface area contributed by atoms with Crippen molar-refractivity contribution >= 4 is 29.3 Å². The first-order valence-corrected chi connectivity index (χ1v) is 16.7. The topological polar surface area (TPSA) is 160 Å². The maximum atomic E-state index is 15.4. The van der Waals surface area contributed by atoms with Crippen molar-refractivity contribution in [1.29, 1.82) is 0 Å². The van der Waals surface area contributed by atoms with Crippen LogP contribution in [0.2, 0.25) is 0 Å². The van der Waals surface area contributed by atoms with Crippen molar-refractivity contribution in [2.24, 2.45) is 17.6 Å². The van der Waals surface area contributed by atoms with Crippen LogP contribution in [0.1, 0.15) is 101 Å². The van der Waals surface area contributed by atoms with E-state index >= 15 is 4.39 Å². The number of nitrogens with zero attached hydrogens (tertiary/aromatic N) is 3. The highest BCUT2D eigenvalue weighted by Gasteiger charge is 2.34. The average molecular weight is 641 g/mol. The zero-order valence-corrected chi connectivity index (χ0v) is 27.1. The fourth-order valence-corrected chi connectivity index (χ4v) is 6.58. The number of carbonyl (C=O) groups excluding carboxylic acids is 4. The summed E-state index contributed by atoms with van der Waals surface area (Å²) in [5, 5.41) is 20.1. The minimum atomic E-state index is -0.833. The molecule has 1 aliphatic carbocycles. The number of likely N-dealkylation sites (tertiary alicyclic amines) is 1. The van der Waals surface area contributed by atoms with Crippen molar-refractivity contribution in [2.75, 3.05) is 18.4 Å². The minimum Gasteiger partial charge on any atom is -0.390 e. The van der Waals surface area contributed by atoms with Crippen LogP contribution in [-0.2, 0) is 27.3 Å². The summed E-state index contributed by atoms with van der Waals surface area (Å²) in [5.41, 5.74) is 5.60. The highest BCUT2D eigenvalue weighted by Crippen LogP contribution is 2.28. The fourth-order valence-electron chi connectivity index (χ4n) is 6.58. The van der Waals surface area contributed by atoms with E-state index in [1.807, 2.05) is 6.92 Å². The van der Waals surface area contributed by atoms with Crippen molar-refractivity contribution in [1.82, 2.24) is 20.0 Å². The molecule has 1 aromatic carbocycles. The number of nitrogens with one attached hydrogen (secondary N) is 2. The third kappa shape index (κ3) is 9.60. The number of benzene rings is 1. The van der Waals surface area contributed by atoms with E-state index in [0.29, 0.717) is 63.0 Å². The molecular weight excluding hydrogens is 591 g/mol. The molecule has 2 aliphatic rings. The first kappa shape index (κ1) is 35.1. The monoisotopic (exact) mass is 640 g/mol. The van der Waals surface area contributed by atoms with Crippen LogP contribution in [-0.4, -0.2) is 68.1 Å². The number of aliphatic hydroxyl groups is 1. The van der Waals surface area contributed by atoms with Crippen LogP contribution in [0.3, 0.4) is 0 Å². The lowest BCUT2D eigenvalue weighted by Gasteiger charge is -2.37. The van der Waals surface area contributed by atoms with Crippen molar-refractivity contribution < 1.29 is 28.7 Å². The highest BCUT2D eigenvalue weighted by atomic mass is 19.1. The van der Waals surface area contributed by atoms with Crippen LogP contribution in [0, 0.1) is 17.7 Å². The Morgan fingerprint density at radius 3 is 2.41 bits per heavy atom. The van der Waals surface area contributed by atoms with E-state index in [-0.39, 0.29) is 23.9 Å². The van der Waals surface area contributed by atoms with Crippen molar-refractivity contribution in [3.8, 4) is 0 Å². The van der Waals surface area contributed by atoms with Gasteiger partial charge in [-0.05, 0) is 88.5 Å². The van der Waals surface area contributed by atoms with E-state index in [1.165, 1.54) is 12.1 Å². The summed E-state index contributed by atoms with van der Waals surface area (Å²) in [5.74, 6) is -2.59. The van der Waals surface area contributed by atoms with Gasteiger partial charge < -0.3 is 26.4 Å². The van der Waals surface area contributed by atoms with Crippen molar-refractivity contribution in [2.45, 2.75) is 109 Å². The fraction of sp³-hybridized carbons (Fsp3) is 0.618. The lowest BCUT2D eigenvalue weighted by molar-refractivity contribution is -0.139. The number of aryl methyl sites for hydroxylation is 2. The number of hydrogen-bond acceptors (Lipinski definition) is 6. The lowest BCUT2D eigenvalue weighted by Crippen LogP contribution is -2.49. The third-order valence-electron chi connectivity index (χ3n) is 9.50. The van der Waals surface area contributed by atoms with Gasteiger partial charge in [0.2, 0.25) is 17.7 Å². The second kappa shape index (κ2) is 16.2. The Balaban J connectivity index is 1.43. The Bertz CT molecular complexity index is 1360. The number of aromatic nitrogens is 2. The van der Waals surface area contributed by atoms with Crippen LogP contribution >= 0.6 is 0 Å². The van der Waals surface area contributed by atoms with E-state index in [0.717, 1.165) is 38.5 Å². The predicted molar refractivity (Wildman–Crippen MR) is 172 cm³/mol. The summed E-state index contributed by atoms with van der Waals surface area (Å²) < 4.78 is 17.0. The summed E-state index contributed by atoms with van der Waals surface area (Å²) >= 11 is 0. The molecule has 1 saturated heterocycles. The van der Waals surface area contributed by atoms with Gasteiger partial charge in [0.05, 0.1) is 11.3 Å². The normalized spacial score (nSPS) is 18.3. The van der Waals surface area contributed by atoms with E-state index in [9.17, 15) is 24.3 Å². The predicted octanol–water partition coefficient (Wildman–Crippen LogP) is 3.94. The largest absolute Gasteiger partial charge is 0.390 e. The molecule has 11 nitrogen and oxygen atoms in total. The van der Waals surface area contributed by atoms with Crippen LogP contribution in [0.25, 0.3) is 0 Å². The molecule has 5 N–H and O–H groups in total. The average Bonchev–Trinajstić information content (AvgIpc) is 3.35. The smallest absolute Gasteiger partial charge is 0.270 e. The highest BCUT2D eigenvalue weighted by molar-refractivity contribution is 6.00. The Labute approximate surface area is 270 Å². The Morgan fingerprint density at radius 2 is 1.78 bits per heavy atom. The molecule has 46 heavy (non-hydrogen) atoms. The molecule has 0 spiro atoms. The summed E-state index contributed by atoms with van der Waals surface area (Å²) in [7, 11) is 0. The molecule has 1 saturated carbocycles. The van der Waals surface area contributed by atoms with Gasteiger partial charge in [0.15, 0.2) is 0 Å². The van der Waals surface area contributed by atoms with E-state index in [2.05, 4.69) is 15.7 Å². The molecule has 0 bridgehead atoms. The Kier molecular flexibility index (Phi) is 12.3. The van der Waals surface area contributed by atoms with Gasteiger partial charge in [-0.2, -0.15) is 5.10 Å². The van der Waals surface area contributed by atoms with Crippen LogP contribution < -0.4 is 16.4 Å². The third-order valence-corrected chi connectivity index (χ3v) is 9.50. The summed E-state index contributed by atoms with van der Waals surface area (Å²) in [4.78, 5) is 53.4. The van der Waals surface area contributed by atoms with E-state index < -0.39 is 41.1 Å². The number of hydrogen-bond donors (Lipinski definition) is 4. The number of nitrogens with two attached hydrogens (primary N) is 1. The molecule has 1 aromatic heterocycles. The quantitative estimate of drug-likeness (QED) is 0.243. The van der Waals surface area contributed by atoms with Gasteiger partial charge >= 0.3 is 0 Å². The molecule has 2 atom stereocenters. The standard InChI is InChI=1S/C34H49FN6O5/c1-3-41-28(16-19-37-41)31(43)39-30(24-8-6-4-5-7-9-24)32(44)38-27-14-11-23(22-26(27)35)10-12-25(13-15-29(36)42)33(45)40-20-17-34(2,46)18-21-40/h11,14,16,19,22,24-25,30,46H,3-10,12-13,15,17-18,20-21H2,1-2H3,(H2,36,42)(H,38,44)(H,39,43)/t25-,30+/m1/s1. The molecule has 12 heteroatoms. The number of halogens is 1. The molecule has 0 unspecified atom stereocenters. The first-order chi connectivity index (χ1) is 22.0. The van der Waals surface area contributed by atoms with Crippen LogP contribution in [0.4, 0.5) is 10.1 Å². The minimum absolute atomic E-state index is 0.0157. The van der Waals surface area contributed by atoms with Gasteiger partial charge in [0.25, 0.3) is 5.91 Å². The Hall–Kier alpha value is -3.80. The molecule has 2 fully saturated rings. The van der Waals surface area contributed by atoms with Crippen LogP contribution in [0.15, 0.2) is 30.5 Å². The van der Waals surface area contributed by atoms with Crippen molar-refractivity contribution in [3.63, 3.8) is 0 Å².